The summed E-state index contributed by atoms with van der Waals surface area (Å²) in [5, 5.41) is 16.0. The van der Waals surface area contributed by atoms with E-state index in [1.54, 1.807) is 6.92 Å². The minimum atomic E-state index is -0.795. The van der Waals surface area contributed by atoms with Crippen molar-refractivity contribution >= 4 is 11.9 Å². The van der Waals surface area contributed by atoms with Crippen LogP contribution in [0.3, 0.4) is 0 Å². The van der Waals surface area contributed by atoms with Crippen molar-refractivity contribution in [2.75, 3.05) is 30.8 Å². The minimum absolute atomic E-state index is 0.243. The van der Waals surface area contributed by atoms with Gasteiger partial charge >= 0.3 is 6.01 Å². The lowest BCUT2D eigenvalue weighted by atomic mass is 10.0. The van der Waals surface area contributed by atoms with E-state index in [4.69, 9.17) is 4.74 Å². The molecule has 7 nitrogen and oxygen atoms in total. The van der Waals surface area contributed by atoms with E-state index < -0.39 is 5.60 Å². The van der Waals surface area contributed by atoms with Crippen LogP contribution in [0.2, 0.25) is 0 Å². The van der Waals surface area contributed by atoms with Crippen LogP contribution < -0.4 is 15.4 Å². The van der Waals surface area contributed by atoms with Gasteiger partial charge in [0.15, 0.2) is 0 Å². The van der Waals surface area contributed by atoms with Crippen LogP contribution in [-0.4, -0.2) is 45.9 Å². The molecular formula is C12H23N5O2. The summed E-state index contributed by atoms with van der Waals surface area (Å²) < 4.78 is 5.03. The predicted molar refractivity (Wildman–Crippen MR) is 74.6 cm³/mol. The number of hydrogen-bond donors (Lipinski definition) is 3. The largest absolute Gasteiger partial charge is 0.467 e. The quantitative estimate of drug-likeness (QED) is 0.654. The third-order valence-electron chi connectivity index (χ3n) is 2.72. The number of nitrogens with zero attached hydrogens (tertiary/aromatic N) is 3. The number of nitrogens with one attached hydrogen (secondary N) is 2. The minimum Gasteiger partial charge on any atom is -0.467 e. The number of hydrogen-bond acceptors (Lipinski definition) is 7. The van der Waals surface area contributed by atoms with Crippen LogP contribution >= 0.6 is 0 Å². The summed E-state index contributed by atoms with van der Waals surface area (Å²) in [6.45, 7) is 6.88. The van der Waals surface area contributed by atoms with Crippen LogP contribution in [0.15, 0.2) is 0 Å². The Morgan fingerprint density at radius 1 is 1.16 bits per heavy atom. The number of methoxy groups -OCH3 is 1. The molecule has 0 aliphatic carbocycles. The Morgan fingerprint density at radius 2 is 1.79 bits per heavy atom. The summed E-state index contributed by atoms with van der Waals surface area (Å²) in [6, 6.07) is 0.243. The van der Waals surface area contributed by atoms with Crippen molar-refractivity contribution in [3.05, 3.63) is 0 Å². The van der Waals surface area contributed by atoms with Crippen LogP contribution in [0, 0.1) is 0 Å². The fraction of sp³-hybridized carbons (Fsp3) is 0.750. The van der Waals surface area contributed by atoms with Gasteiger partial charge in [-0.05, 0) is 19.8 Å². The van der Waals surface area contributed by atoms with Gasteiger partial charge in [0, 0.05) is 13.1 Å². The Hall–Kier alpha value is -1.63. The zero-order chi connectivity index (χ0) is 14.3. The maximum Gasteiger partial charge on any atom is 0.322 e. The average molecular weight is 269 g/mol. The smallest absolute Gasteiger partial charge is 0.322 e. The molecule has 1 aromatic heterocycles. The molecule has 0 aliphatic heterocycles. The van der Waals surface area contributed by atoms with Gasteiger partial charge in [0.05, 0.1) is 12.7 Å². The first-order chi connectivity index (χ1) is 9.00. The van der Waals surface area contributed by atoms with Crippen molar-refractivity contribution in [2.45, 2.75) is 39.2 Å². The molecule has 0 spiro atoms. The van der Waals surface area contributed by atoms with Gasteiger partial charge in [-0.3, -0.25) is 0 Å². The molecule has 0 aliphatic rings. The summed E-state index contributed by atoms with van der Waals surface area (Å²) in [7, 11) is 1.50. The van der Waals surface area contributed by atoms with Crippen LogP contribution in [0.5, 0.6) is 6.01 Å². The van der Waals surface area contributed by atoms with Gasteiger partial charge in [-0.15, -0.1) is 0 Å². The SMILES string of the molecule is CCCNc1nc(NCC(C)(O)CC)nc(OC)n1. The Balaban J connectivity index is 2.76. The predicted octanol–water partition coefficient (Wildman–Crippen LogP) is 1.27. The molecule has 1 atom stereocenters. The fourth-order valence-electron chi connectivity index (χ4n) is 1.24. The maximum atomic E-state index is 9.94. The van der Waals surface area contributed by atoms with Gasteiger partial charge in [-0.2, -0.15) is 15.0 Å². The second-order valence-corrected chi connectivity index (χ2v) is 4.60. The van der Waals surface area contributed by atoms with Crippen LogP contribution in [-0.2, 0) is 0 Å². The first-order valence-electron chi connectivity index (χ1n) is 6.51. The first kappa shape index (κ1) is 15.4. The highest BCUT2D eigenvalue weighted by atomic mass is 16.5. The lowest BCUT2D eigenvalue weighted by Crippen LogP contribution is -2.33. The van der Waals surface area contributed by atoms with Gasteiger partial charge in [-0.25, -0.2) is 0 Å². The van der Waals surface area contributed by atoms with E-state index in [0.717, 1.165) is 13.0 Å². The normalized spacial score (nSPS) is 13.7. The monoisotopic (exact) mass is 269 g/mol. The molecule has 0 saturated carbocycles. The molecule has 1 unspecified atom stereocenters. The number of ether oxygens (including phenoxy) is 1. The number of aliphatic hydroxyl groups is 1. The van der Waals surface area contributed by atoms with Gasteiger partial charge in [0.1, 0.15) is 0 Å². The zero-order valence-corrected chi connectivity index (χ0v) is 12.0. The molecule has 0 radical (unpaired) electrons. The molecule has 0 amide bonds. The maximum absolute atomic E-state index is 9.94. The van der Waals surface area contributed by atoms with Crippen molar-refractivity contribution in [1.29, 1.82) is 0 Å². The van der Waals surface area contributed by atoms with E-state index >= 15 is 0 Å². The van der Waals surface area contributed by atoms with E-state index in [-0.39, 0.29) is 6.01 Å². The molecular weight excluding hydrogens is 246 g/mol. The Labute approximate surface area is 113 Å². The Morgan fingerprint density at radius 3 is 2.32 bits per heavy atom. The highest BCUT2D eigenvalue weighted by molar-refractivity contribution is 5.36. The van der Waals surface area contributed by atoms with Crippen molar-refractivity contribution in [2.24, 2.45) is 0 Å². The summed E-state index contributed by atoms with van der Waals surface area (Å²) in [4.78, 5) is 12.4. The van der Waals surface area contributed by atoms with Gasteiger partial charge in [-0.1, -0.05) is 13.8 Å². The Bertz CT molecular complexity index is 398. The lowest BCUT2D eigenvalue weighted by Gasteiger charge is -2.21. The fourth-order valence-corrected chi connectivity index (χ4v) is 1.24. The highest BCUT2D eigenvalue weighted by Gasteiger charge is 2.18. The summed E-state index contributed by atoms with van der Waals surface area (Å²) >= 11 is 0. The molecule has 1 heterocycles. The topological polar surface area (TPSA) is 92.2 Å². The third kappa shape index (κ3) is 5.25. The average Bonchev–Trinajstić information content (AvgIpc) is 2.42. The molecule has 3 N–H and O–H groups in total. The van der Waals surface area contributed by atoms with Crippen LogP contribution in [0.25, 0.3) is 0 Å². The highest BCUT2D eigenvalue weighted by Crippen LogP contribution is 2.13. The molecule has 0 bridgehead atoms. The second-order valence-electron chi connectivity index (χ2n) is 4.60. The lowest BCUT2D eigenvalue weighted by molar-refractivity contribution is 0.0695. The first-order valence-corrected chi connectivity index (χ1v) is 6.51. The summed E-state index contributed by atoms with van der Waals surface area (Å²) in [5.74, 6) is 0.853. The van der Waals surface area contributed by atoms with Crippen molar-refractivity contribution in [3.8, 4) is 6.01 Å². The van der Waals surface area contributed by atoms with Crippen molar-refractivity contribution in [1.82, 2.24) is 15.0 Å². The zero-order valence-electron chi connectivity index (χ0n) is 12.0. The summed E-state index contributed by atoms with van der Waals surface area (Å²) in [6.07, 6.45) is 1.62. The third-order valence-corrected chi connectivity index (χ3v) is 2.72. The van der Waals surface area contributed by atoms with Gasteiger partial charge in [0.25, 0.3) is 0 Å². The van der Waals surface area contributed by atoms with Crippen molar-refractivity contribution in [3.63, 3.8) is 0 Å². The molecule has 108 valence electrons. The van der Waals surface area contributed by atoms with E-state index in [0.29, 0.717) is 24.9 Å². The standard InChI is InChI=1S/C12H23N5O2/c1-5-7-13-9-15-10(17-11(16-9)19-4)14-8-12(3,18)6-2/h18H,5-8H2,1-4H3,(H2,13,14,15,16,17). The van der Waals surface area contributed by atoms with Crippen LogP contribution in [0.1, 0.15) is 33.6 Å². The van der Waals surface area contributed by atoms with Crippen molar-refractivity contribution < 1.29 is 9.84 Å². The van der Waals surface area contributed by atoms with E-state index in [1.807, 2.05) is 6.92 Å². The second kappa shape index (κ2) is 7.08. The van der Waals surface area contributed by atoms with Gasteiger partial charge < -0.3 is 20.5 Å². The van der Waals surface area contributed by atoms with E-state index in [9.17, 15) is 5.11 Å². The molecule has 0 saturated heterocycles. The van der Waals surface area contributed by atoms with Gasteiger partial charge in [0.2, 0.25) is 11.9 Å². The van der Waals surface area contributed by atoms with E-state index in [2.05, 4.69) is 32.5 Å². The molecule has 7 heteroatoms. The number of rotatable bonds is 8. The summed E-state index contributed by atoms with van der Waals surface area (Å²) in [5.41, 5.74) is -0.795. The molecule has 1 aromatic rings. The van der Waals surface area contributed by atoms with E-state index in [1.165, 1.54) is 7.11 Å². The molecule has 1 rings (SSSR count). The molecule has 0 aromatic carbocycles. The molecule has 0 fully saturated rings. The molecule has 19 heavy (non-hydrogen) atoms. The van der Waals surface area contributed by atoms with Crippen LogP contribution in [0.4, 0.5) is 11.9 Å². The number of anilines is 2. The Kier molecular flexibility index (Phi) is 5.75. The number of aromatic nitrogens is 3.